The van der Waals surface area contributed by atoms with Gasteiger partial charge in [0.15, 0.2) is 0 Å². The van der Waals surface area contributed by atoms with E-state index in [0.717, 1.165) is 24.9 Å². The number of fused-ring (bicyclic) bond motifs is 1. The van der Waals surface area contributed by atoms with Gasteiger partial charge in [0.1, 0.15) is 0 Å². The molecule has 0 aromatic heterocycles. The van der Waals surface area contributed by atoms with Gasteiger partial charge < -0.3 is 0 Å². The molecule has 0 amide bonds. The van der Waals surface area contributed by atoms with Gasteiger partial charge in [0.2, 0.25) is 0 Å². The molecule has 1 saturated carbocycles. The maximum absolute atomic E-state index is 12.6. The van der Waals surface area contributed by atoms with Gasteiger partial charge in [-0.15, -0.1) is 0 Å². The summed E-state index contributed by atoms with van der Waals surface area (Å²) in [4.78, 5) is 2.49. The molecule has 1 nitrogen and oxygen atoms in total. The van der Waals surface area contributed by atoms with E-state index in [4.69, 9.17) is 0 Å². The van der Waals surface area contributed by atoms with Gasteiger partial charge >= 0.3 is 0 Å². The number of likely N-dealkylation sites (tertiary alicyclic amines) is 1. The summed E-state index contributed by atoms with van der Waals surface area (Å²) in [7, 11) is 0. The molecule has 2 aliphatic rings. The smallest absolute Gasteiger partial charge is 0.0985 e. The van der Waals surface area contributed by atoms with E-state index in [2.05, 4.69) is 4.90 Å². The first-order valence-electron chi connectivity index (χ1n) is 5.65. The van der Waals surface area contributed by atoms with E-state index >= 15 is 0 Å². The molecule has 2 rings (SSSR count). The van der Waals surface area contributed by atoms with Crippen LogP contribution >= 0.6 is 0 Å². The Labute approximate surface area is 80.3 Å². The van der Waals surface area contributed by atoms with Crippen LogP contribution in [-0.4, -0.2) is 30.2 Å². The van der Waals surface area contributed by atoms with E-state index in [1.165, 1.54) is 32.2 Å². The minimum atomic E-state index is -0.623. The Morgan fingerprint density at radius 2 is 2.15 bits per heavy atom. The first-order valence-corrected chi connectivity index (χ1v) is 5.65. The summed E-state index contributed by atoms with van der Waals surface area (Å²) in [6.45, 7) is 3.90. The van der Waals surface area contributed by atoms with Crippen molar-refractivity contribution in [1.29, 1.82) is 0 Å². The topological polar surface area (TPSA) is 3.24 Å². The lowest BCUT2D eigenvalue weighted by molar-refractivity contribution is -0.0180. The molecular weight excluding hydrogens is 165 g/mol. The largest absolute Gasteiger partial charge is 0.300 e. The van der Waals surface area contributed by atoms with Gasteiger partial charge in [-0.1, -0.05) is 12.8 Å². The Kier molecular flexibility index (Phi) is 2.87. The van der Waals surface area contributed by atoms with Crippen molar-refractivity contribution in [2.75, 3.05) is 13.1 Å². The van der Waals surface area contributed by atoms with Crippen LogP contribution in [0.4, 0.5) is 4.39 Å². The molecule has 0 aromatic rings. The van der Waals surface area contributed by atoms with Crippen LogP contribution in [0.3, 0.4) is 0 Å². The first kappa shape index (κ1) is 9.45. The van der Waals surface area contributed by atoms with Crippen molar-refractivity contribution in [3.8, 4) is 0 Å². The van der Waals surface area contributed by atoms with E-state index < -0.39 is 6.17 Å². The van der Waals surface area contributed by atoms with Crippen LogP contribution < -0.4 is 0 Å². The lowest BCUT2D eigenvalue weighted by Gasteiger charge is -2.51. The number of hydrogen-bond acceptors (Lipinski definition) is 1. The van der Waals surface area contributed by atoms with Crippen molar-refractivity contribution < 1.29 is 4.39 Å². The fraction of sp³-hybridized carbons (Fsp3) is 1.00. The highest BCUT2D eigenvalue weighted by Crippen LogP contribution is 2.37. The molecule has 2 fully saturated rings. The zero-order valence-electron chi connectivity index (χ0n) is 8.51. The molecule has 0 spiro atoms. The second-order valence-electron chi connectivity index (χ2n) is 4.68. The number of rotatable bonds is 3. The molecule has 0 bridgehead atoms. The maximum Gasteiger partial charge on any atom is 0.0985 e. The van der Waals surface area contributed by atoms with E-state index in [9.17, 15) is 4.39 Å². The van der Waals surface area contributed by atoms with Crippen LogP contribution in [0, 0.1) is 5.92 Å². The second-order valence-corrected chi connectivity index (χ2v) is 4.68. The van der Waals surface area contributed by atoms with Gasteiger partial charge in [0.25, 0.3) is 0 Å². The lowest BCUT2D eigenvalue weighted by Crippen LogP contribution is -2.57. The standard InChI is InChI=1S/C11H20FN/c1-9(12)6-7-13-8-10-4-2-3-5-11(10)13/h9-11H,2-8H2,1H3. The molecular formula is C11H20FN. The van der Waals surface area contributed by atoms with Crippen LogP contribution in [0.25, 0.3) is 0 Å². The van der Waals surface area contributed by atoms with Crippen LogP contribution in [0.15, 0.2) is 0 Å². The molecule has 1 aliphatic carbocycles. The summed E-state index contributed by atoms with van der Waals surface area (Å²) >= 11 is 0. The Morgan fingerprint density at radius 1 is 1.38 bits per heavy atom. The fourth-order valence-electron chi connectivity index (χ4n) is 2.78. The van der Waals surface area contributed by atoms with Crippen LogP contribution in [0.2, 0.25) is 0 Å². The molecule has 76 valence electrons. The van der Waals surface area contributed by atoms with Crippen molar-refractivity contribution in [1.82, 2.24) is 4.90 Å². The average Bonchev–Trinajstić information content (AvgIpc) is 2.06. The molecule has 3 atom stereocenters. The number of hydrogen-bond donors (Lipinski definition) is 0. The summed E-state index contributed by atoms with van der Waals surface area (Å²) < 4.78 is 12.6. The van der Waals surface area contributed by atoms with E-state index in [1.54, 1.807) is 6.92 Å². The third kappa shape index (κ3) is 2.04. The number of alkyl halides is 1. The van der Waals surface area contributed by atoms with Crippen molar-refractivity contribution in [3.63, 3.8) is 0 Å². The number of nitrogens with zero attached hydrogens (tertiary/aromatic N) is 1. The van der Waals surface area contributed by atoms with Crippen molar-refractivity contribution >= 4 is 0 Å². The lowest BCUT2D eigenvalue weighted by atomic mass is 9.77. The first-order chi connectivity index (χ1) is 6.27. The molecule has 0 aromatic carbocycles. The quantitative estimate of drug-likeness (QED) is 0.653. The molecule has 3 unspecified atom stereocenters. The Hall–Kier alpha value is -0.110. The molecule has 0 N–H and O–H groups in total. The zero-order chi connectivity index (χ0) is 9.26. The molecule has 1 heterocycles. The SMILES string of the molecule is CC(F)CCN1CC2CCCCC21. The maximum atomic E-state index is 12.6. The van der Waals surface area contributed by atoms with Crippen LogP contribution in [0.5, 0.6) is 0 Å². The molecule has 1 aliphatic heterocycles. The van der Waals surface area contributed by atoms with E-state index in [1.807, 2.05) is 0 Å². The second kappa shape index (κ2) is 3.95. The molecule has 2 heteroatoms. The Bertz CT molecular complexity index is 169. The van der Waals surface area contributed by atoms with Crippen LogP contribution in [0.1, 0.15) is 39.0 Å². The highest BCUT2D eigenvalue weighted by Gasteiger charge is 2.39. The minimum Gasteiger partial charge on any atom is -0.300 e. The summed E-state index contributed by atoms with van der Waals surface area (Å²) in [6.07, 6.45) is 5.71. The third-order valence-electron chi connectivity index (χ3n) is 3.62. The monoisotopic (exact) mass is 185 g/mol. The van der Waals surface area contributed by atoms with Gasteiger partial charge in [0, 0.05) is 19.1 Å². The fourth-order valence-corrected chi connectivity index (χ4v) is 2.78. The highest BCUT2D eigenvalue weighted by atomic mass is 19.1. The van der Waals surface area contributed by atoms with Crippen molar-refractivity contribution in [2.24, 2.45) is 5.92 Å². The van der Waals surface area contributed by atoms with Gasteiger partial charge in [-0.2, -0.15) is 0 Å². The average molecular weight is 185 g/mol. The van der Waals surface area contributed by atoms with Gasteiger partial charge in [-0.05, 0) is 32.1 Å². The van der Waals surface area contributed by atoms with E-state index in [-0.39, 0.29) is 0 Å². The molecule has 1 saturated heterocycles. The van der Waals surface area contributed by atoms with Gasteiger partial charge in [-0.25, -0.2) is 4.39 Å². The third-order valence-corrected chi connectivity index (χ3v) is 3.62. The predicted molar refractivity (Wildman–Crippen MR) is 52.5 cm³/mol. The number of halogens is 1. The summed E-state index contributed by atoms with van der Waals surface area (Å²) in [5, 5.41) is 0. The normalized spacial score (nSPS) is 36.5. The zero-order valence-corrected chi connectivity index (χ0v) is 8.51. The minimum absolute atomic E-state index is 0.623. The van der Waals surface area contributed by atoms with Gasteiger partial charge in [-0.3, -0.25) is 4.90 Å². The van der Waals surface area contributed by atoms with Crippen molar-refractivity contribution in [2.45, 2.75) is 51.2 Å². The predicted octanol–water partition coefficient (Wildman–Crippen LogP) is 2.61. The highest BCUT2D eigenvalue weighted by molar-refractivity contribution is 4.93. The van der Waals surface area contributed by atoms with Crippen LogP contribution in [-0.2, 0) is 0 Å². The summed E-state index contributed by atoms with van der Waals surface area (Å²) in [5.74, 6) is 0.962. The van der Waals surface area contributed by atoms with Crippen molar-refractivity contribution in [3.05, 3.63) is 0 Å². The Morgan fingerprint density at radius 3 is 2.85 bits per heavy atom. The Balaban J connectivity index is 1.71. The molecule has 13 heavy (non-hydrogen) atoms. The van der Waals surface area contributed by atoms with E-state index in [0.29, 0.717) is 0 Å². The summed E-state index contributed by atoms with van der Waals surface area (Å²) in [5.41, 5.74) is 0. The van der Waals surface area contributed by atoms with Gasteiger partial charge in [0.05, 0.1) is 6.17 Å². The molecule has 0 radical (unpaired) electrons. The summed E-state index contributed by atoms with van der Waals surface area (Å²) in [6, 6.07) is 0.826.